The van der Waals surface area contributed by atoms with Crippen LogP contribution in [0.1, 0.15) is 26.3 Å². The van der Waals surface area contributed by atoms with E-state index >= 15 is 0 Å². The molecule has 3 aromatic rings. The van der Waals surface area contributed by atoms with Crippen molar-refractivity contribution in [2.75, 3.05) is 18.0 Å². The summed E-state index contributed by atoms with van der Waals surface area (Å²) in [6.07, 6.45) is 3.87. The molecule has 0 radical (unpaired) electrons. The number of hydrogen-bond donors (Lipinski definition) is 1. The number of aromatic nitrogens is 3. The maximum Gasteiger partial charge on any atom is 0.216 e. The molecular weight excluding hydrogens is 366 g/mol. The number of anilines is 1. The first-order valence-electron chi connectivity index (χ1n) is 9.43. The zero-order valence-electron chi connectivity index (χ0n) is 16.5. The zero-order chi connectivity index (χ0) is 19.9. The predicted octanol–water partition coefficient (Wildman–Crippen LogP) is 5.39. The highest BCUT2D eigenvalue weighted by atomic mass is 32.1. The Bertz CT molecular complexity index is 1010. The largest absolute Gasteiger partial charge is 0.372 e. The summed E-state index contributed by atoms with van der Waals surface area (Å²) in [5.41, 5.74) is 4.32. The van der Waals surface area contributed by atoms with Gasteiger partial charge in [0, 0.05) is 24.3 Å². The van der Waals surface area contributed by atoms with Crippen molar-refractivity contribution >= 4 is 30.2 Å². The topological polar surface area (TPSA) is 49.2 Å². The molecule has 0 saturated carbocycles. The predicted molar refractivity (Wildman–Crippen MR) is 120 cm³/mol. The lowest BCUT2D eigenvalue weighted by Gasteiger charge is -2.20. The van der Waals surface area contributed by atoms with E-state index < -0.39 is 0 Å². The Hall–Kier alpha value is -2.99. The fourth-order valence-corrected chi connectivity index (χ4v) is 3.17. The Morgan fingerprint density at radius 2 is 1.79 bits per heavy atom. The number of hydrogen-bond acceptors (Lipinski definition) is 4. The van der Waals surface area contributed by atoms with E-state index in [0.717, 1.165) is 29.8 Å². The number of H-pyrrole nitrogens is 1. The van der Waals surface area contributed by atoms with E-state index in [4.69, 9.17) is 12.2 Å². The third-order valence-corrected chi connectivity index (χ3v) is 4.74. The van der Waals surface area contributed by atoms with Crippen LogP contribution in [0.5, 0.6) is 0 Å². The molecule has 0 aliphatic carbocycles. The van der Waals surface area contributed by atoms with Crippen LogP contribution in [0.4, 0.5) is 5.69 Å². The molecule has 0 saturated heterocycles. The summed E-state index contributed by atoms with van der Waals surface area (Å²) in [4.78, 5) is 2.30. The first kappa shape index (κ1) is 19.8. The molecule has 0 unspecified atom stereocenters. The summed E-state index contributed by atoms with van der Waals surface area (Å²) >= 11 is 5.36. The van der Waals surface area contributed by atoms with Crippen LogP contribution < -0.4 is 4.90 Å². The summed E-state index contributed by atoms with van der Waals surface area (Å²) < 4.78 is 2.12. The van der Waals surface area contributed by atoms with Gasteiger partial charge < -0.3 is 4.90 Å². The number of benzene rings is 2. The van der Waals surface area contributed by atoms with E-state index in [1.165, 1.54) is 5.69 Å². The molecule has 144 valence electrons. The Labute approximate surface area is 171 Å². The molecule has 5 nitrogen and oxygen atoms in total. The van der Waals surface area contributed by atoms with Crippen molar-refractivity contribution in [3.63, 3.8) is 0 Å². The first-order valence-corrected chi connectivity index (χ1v) is 9.83. The van der Waals surface area contributed by atoms with Crippen molar-refractivity contribution in [1.82, 2.24) is 14.9 Å². The minimum atomic E-state index is 0.464. The highest BCUT2D eigenvalue weighted by molar-refractivity contribution is 7.71. The van der Waals surface area contributed by atoms with E-state index in [-0.39, 0.29) is 0 Å². The van der Waals surface area contributed by atoms with Crippen LogP contribution in [0.2, 0.25) is 0 Å². The van der Waals surface area contributed by atoms with Gasteiger partial charge in [-0.2, -0.15) is 14.9 Å². The minimum Gasteiger partial charge on any atom is -0.372 e. The molecule has 0 bridgehead atoms. The van der Waals surface area contributed by atoms with Crippen LogP contribution in [0, 0.1) is 4.77 Å². The van der Waals surface area contributed by atoms with Gasteiger partial charge in [0.15, 0.2) is 5.82 Å². The third-order valence-electron chi connectivity index (χ3n) is 4.48. The van der Waals surface area contributed by atoms with Gasteiger partial charge in [0.05, 0.1) is 6.21 Å². The highest BCUT2D eigenvalue weighted by Gasteiger charge is 2.09. The number of aromatic amines is 1. The van der Waals surface area contributed by atoms with E-state index in [1.807, 2.05) is 25.1 Å². The van der Waals surface area contributed by atoms with Gasteiger partial charge in [0.1, 0.15) is 0 Å². The van der Waals surface area contributed by atoms with Crippen LogP contribution >= 0.6 is 12.2 Å². The van der Waals surface area contributed by atoms with E-state index in [0.29, 0.717) is 10.6 Å². The van der Waals surface area contributed by atoms with Gasteiger partial charge >= 0.3 is 0 Å². The molecule has 28 heavy (non-hydrogen) atoms. The Balaban J connectivity index is 1.86. The molecule has 0 aliphatic heterocycles. The van der Waals surface area contributed by atoms with Crippen LogP contribution in [0.25, 0.3) is 17.5 Å². The lowest BCUT2D eigenvalue weighted by Crippen LogP contribution is -2.21. The molecule has 0 fully saturated rings. The lowest BCUT2D eigenvalue weighted by atomic mass is 10.1. The van der Waals surface area contributed by atoms with E-state index in [1.54, 1.807) is 10.9 Å². The fourth-order valence-electron chi connectivity index (χ4n) is 2.99. The Morgan fingerprint density at radius 3 is 2.43 bits per heavy atom. The summed E-state index contributed by atoms with van der Waals surface area (Å²) in [6, 6.07) is 18.5. The average Bonchev–Trinajstić information content (AvgIpc) is 3.09. The minimum absolute atomic E-state index is 0.464. The molecule has 1 heterocycles. The van der Waals surface area contributed by atoms with Gasteiger partial charge in [-0.15, -0.1) is 0 Å². The molecule has 3 rings (SSSR count). The maximum atomic E-state index is 5.36. The molecule has 1 N–H and O–H groups in total. The normalized spacial score (nSPS) is 11.9. The summed E-state index contributed by atoms with van der Waals surface area (Å²) in [5, 5.41) is 11.7. The summed E-state index contributed by atoms with van der Waals surface area (Å²) in [5.74, 6) is 0.694. The van der Waals surface area contributed by atoms with Gasteiger partial charge in [-0.1, -0.05) is 36.4 Å². The van der Waals surface area contributed by atoms with E-state index in [2.05, 4.69) is 76.5 Å². The zero-order valence-corrected chi connectivity index (χ0v) is 17.3. The van der Waals surface area contributed by atoms with Gasteiger partial charge in [0.25, 0.3) is 0 Å². The molecule has 0 aliphatic rings. The van der Waals surface area contributed by atoms with Crippen LogP contribution in [0.15, 0.2) is 65.3 Å². The van der Waals surface area contributed by atoms with E-state index in [9.17, 15) is 0 Å². The molecule has 1 aromatic heterocycles. The molecule has 0 spiro atoms. The van der Waals surface area contributed by atoms with Gasteiger partial charge in [-0.05, 0) is 68.4 Å². The second-order valence-corrected chi connectivity index (χ2v) is 6.81. The molecule has 0 amide bonds. The van der Waals surface area contributed by atoms with Crippen LogP contribution in [-0.4, -0.2) is 34.2 Å². The van der Waals surface area contributed by atoms with Crippen molar-refractivity contribution in [1.29, 1.82) is 0 Å². The molecule has 6 heteroatoms. The average molecular weight is 392 g/mol. The smallest absolute Gasteiger partial charge is 0.216 e. The number of allylic oxidation sites excluding steroid dienone is 1. The van der Waals surface area contributed by atoms with Crippen molar-refractivity contribution in [2.45, 2.75) is 20.8 Å². The van der Waals surface area contributed by atoms with Crippen LogP contribution in [-0.2, 0) is 0 Å². The Morgan fingerprint density at radius 1 is 1.11 bits per heavy atom. The highest BCUT2D eigenvalue weighted by Crippen LogP contribution is 2.22. The maximum absolute atomic E-state index is 5.36. The summed E-state index contributed by atoms with van der Waals surface area (Å²) in [7, 11) is 0. The fraction of sp³-hybridized carbons (Fsp3) is 0.227. The van der Waals surface area contributed by atoms with Crippen LogP contribution in [0.3, 0.4) is 0 Å². The molecule has 2 aromatic carbocycles. The van der Waals surface area contributed by atoms with Crippen molar-refractivity contribution in [3.8, 4) is 11.4 Å². The first-order chi connectivity index (χ1) is 13.6. The summed E-state index contributed by atoms with van der Waals surface area (Å²) in [6.45, 7) is 8.28. The monoisotopic (exact) mass is 391 g/mol. The number of nitrogens with one attached hydrogen (secondary N) is 1. The van der Waals surface area contributed by atoms with Crippen molar-refractivity contribution in [3.05, 3.63) is 70.5 Å². The SMILES string of the molecule is CCN(CC)c1ccc(-c2n[nH]c(=S)n2N=CC(C)=Cc2ccccc2)cc1. The number of nitrogens with zero attached hydrogens (tertiary/aromatic N) is 4. The van der Waals surface area contributed by atoms with Crippen molar-refractivity contribution in [2.24, 2.45) is 5.10 Å². The molecule has 0 atom stereocenters. The van der Waals surface area contributed by atoms with Crippen molar-refractivity contribution < 1.29 is 0 Å². The second kappa shape index (κ2) is 9.28. The van der Waals surface area contributed by atoms with Gasteiger partial charge in [0.2, 0.25) is 4.77 Å². The quantitative estimate of drug-likeness (QED) is 0.434. The van der Waals surface area contributed by atoms with Gasteiger partial charge in [-0.3, -0.25) is 0 Å². The third kappa shape index (κ3) is 4.64. The molecular formula is C22H25N5S. The Kier molecular flexibility index (Phi) is 6.55. The standard InChI is InChI=1S/C22H25N5S/c1-4-26(5-2)20-13-11-19(12-14-20)21-24-25-22(28)27(21)23-16-17(3)15-18-9-7-6-8-10-18/h6-16H,4-5H2,1-3H3,(H,25,28). The second-order valence-electron chi connectivity index (χ2n) is 6.43. The lowest BCUT2D eigenvalue weighted by molar-refractivity contribution is 0.864. The van der Waals surface area contributed by atoms with Gasteiger partial charge in [-0.25, -0.2) is 5.10 Å². The number of rotatable bonds is 7.